The summed E-state index contributed by atoms with van der Waals surface area (Å²) in [6.45, 7) is 12.8. The quantitative estimate of drug-likeness (QED) is 0.684. The minimum absolute atomic E-state index is 0.00102. The first-order valence-electron chi connectivity index (χ1n) is 6.45. The monoisotopic (exact) mass is 224 g/mol. The molecule has 0 bridgehead atoms. The van der Waals surface area contributed by atoms with E-state index in [1.165, 1.54) is 18.4 Å². The lowest BCUT2D eigenvalue weighted by Gasteiger charge is -2.36. The zero-order chi connectivity index (χ0) is 11.8. The lowest BCUT2D eigenvalue weighted by atomic mass is 9.70. The highest BCUT2D eigenvalue weighted by atomic mass is 16.7. The molecule has 1 saturated carbocycles. The van der Waals surface area contributed by atoms with Gasteiger partial charge in [0.2, 0.25) is 0 Å². The molecule has 0 radical (unpaired) electrons. The van der Waals surface area contributed by atoms with Crippen molar-refractivity contribution < 1.29 is 9.47 Å². The van der Waals surface area contributed by atoms with Crippen molar-refractivity contribution in [1.82, 2.24) is 0 Å². The van der Waals surface area contributed by atoms with Crippen LogP contribution < -0.4 is 0 Å². The lowest BCUT2D eigenvalue weighted by molar-refractivity contribution is -0.0731. The molecule has 1 saturated heterocycles. The van der Waals surface area contributed by atoms with E-state index in [0.717, 1.165) is 25.6 Å². The van der Waals surface area contributed by atoms with E-state index in [2.05, 4.69) is 27.4 Å². The van der Waals surface area contributed by atoms with Gasteiger partial charge >= 0.3 is 0 Å². The van der Waals surface area contributed by atoms with Crippen LogP contribution in [0.1, 0.15) is 40.0 Å². The van der Waals surface area contributed by atoms with Gasteiger partial charge < -0.3 is 9.47 Å². The Morgan fingerprint density at radius 3 is 2.56 bits per heavy atom. The third-order valence-corrected chi connectivity index (χ3v) is 4.47. The normalized spacial score (nSPS) is 36.5. The van der Waals surface area contributed by atoms with Crippen molar-refractivity contribution in [3.63, 3.8) is 0 Å². The maximum Gasteiger partial charge on any atom is 0.158 e. The van der Waals surface area contributed by atoms with Crippen LogP contribution in [0, 0.1) is 17.3 Å². The highest BCUT2D eigenvalue weighted by molar-refractivity contribution is 5.17. The highest BCUT2D eigenvalue weighted by Gasteiger charge is 2.45. The van der Waals surface area contributed by atoms with Gasteiger partial charge in [0.05, 0.1) is 13.2 Å². The fourth-order valence-corrected chi connectivity index (χ4v) is 3.43. The highest BCUT2D eigenvalue weighted by Crippen LogP contribution is 2.53. The third-order valence-electron chi connectivity index (χ3n) is 4.47. The first-order chi connectivity index (χ1) is 7.54. The number of allylic oxidation sites excluding steroid dienone is 1. The summed E-state index contributed by atoms with van der Waals surface area (Å²) in [6.07, 6.45) is 3.43. The second-order valence-corrected chi connectivity index (χ2v) is 5.79. The van der Waals surface area contributed by atoms with E-state index < -0.39 is 0 Å². The van der Waals surface area contributed by atoms with Crippen LogP contribution in [-0.2, 0) is 9.47 Å². The second kappa shape index (κ2) is 4.50. The summed E-state index contributed by atoms with van der Waals surface area (Å²) in [5.41, 5.74) is 1.61. The molecular formula is C14H24O2. The molecular weight excluding hydrogens is 200 g/mol. The fraction of sp³-hybridized carbons (Fsp3) is 0.857. The molecule has 0 N–H and O–H groups in total. The molecule has 2 rings (SSSR count). The van der Waals surface area contributed by atoms with Crippen LogP contribution in [0.3, 0.4) is 0 Å². The second-order valence-electron chi connectivity index (χ2n) is 5.79. The predicted octanol–water partition coefficient (Wildman–Crippen LogP) is 3.38. The van der Waals surface area contributed by atoms with Crippen LogP contribution in [0.2, 0.25) is 0 Å². The van der Waals surface area contributed by atoms with Gasteiger partial charge in [0, 0.05) is 6.42 Å². The van der Waals surface area contributed by atoms with Gasteiger partial charge in [-0.1, -0.05) is 32.9 Å². The van der Waals surface area contributed by atoms with Crippen LogP contribution in [0.25, 0.3) is 0 Å². The van der Waals surface area contributed by atoms with Crippen molar-refractivity contribution in [2.24, 2.45) is 17.3 Å². The summed E-state index contributed by atoms with van der Waals surface area (Å²) in [6, 6.07) is 0. The predicted molar refractivity (Wildman–Crippen MR) is 65.1 cm³/mol. The molecule has 2 atom stereocenters. The number of ether oxygens (including phenoxy) is 2. The van der Waals surface area contributed by atoms with Gasteiger partial charge in [-0.05, 0) is 30.1 Å². The maximum absolute atomic E-state index is 5.59. The Balaban J connectivity index is 2.09. The van der Waals surface area contributed by atoms with E-state index in [-0.39, 0.29) is 11.7 Å². The molecule has 16 heavy (non-hydrogen) atoms. The van der Waals surface area contributed by atoms with Gasteiger partial charge in [-0.2, -0.15) is 0 Å². The zero-order valence-electron chi connectivity index (χ0n) is 10.8. The molecule has 0 spiro atoms. The Kier molecular flexibility index (Phi) is 3.41. The van der Waals surface area contributed by atoms with Gasteiger partial charge in [-0.15, -0.1) is 0 Å². The summed E-state index contributed by atoms with van der Waals surface area (Å²) in [4.78, 5) is 0. The topological polar surface area (TPSA) is 18.5 Å². The summed E-state index contributed by atoms with van der Waals surface area (Å²) >= 11 is 0. The molecule has 2 aliphatic rings. The van der Waals surface area contributed by atoms with E-state index in [4.69, 9.17) is 9.47 Å². The van der Waals surface area contributed by atoms with Gasteiger partial charge in [0.1, 0.15) is 0 Å². The van der Waals surface area contributed by atoms with Crippen molar-refractivity contribution in [3.05, 3.63) is 12.2 Å². The van der Waals surface area contributed by atoms with E-state index in [9.17, 15) is 0 Å². The Labute approximate surface area is 99.0 Å². The van der Waals surface area contributed by atoms with E-state index >= 15 is 0 Å². The van der Waals surface area contributed by atoms with Crippen LogP contribution in [0.15, 0.2) is 12.2 Å². The minimum Gasteiger partial charge on any atom is -0.350 e. The first kappa shape index (κ1) is 12.1. The summed E-state index contributed by atoms with van der Waals surface area (Å²) in [5, 5.41) is 0. The van der Waals surface area contributed by atoms with E-state index in [1.807, 2.05) is 0 Å². The Bertz CT molecular complexity index is 266. The van der Waals surface area contributed by atoms with Gasteiger partial charge in [-0.3, -0.25) is 0 Å². The van der Waals surface area contributed by atoms with E-state index in [0.29, 0.717) is 5.92 Å². The third kappa shape index (κ3) is 2.05. The lowest BCUT2D eigenvalue weighted by Crippen LogP contribution is -2.31. The molecule has 0 amide bonds. The Morgan fingerprint density at radius 1 is 1.38 bits per heavy atom. The van der Waals surface area contributed by atoms with Crippen molar-refractivity contribution in [1.29, 1.82) is 0 Å². The van der Waals surface area contributed by atoms with Crippen LogP contribution in [0.5, 0.6) is 0 Å². The number of hydrogen-bond acceptors (Lipinski definition) is 2. The van der Waals surface area contributed by atoms with Crippen LogP contribution in [-0.4, -0.2) is 19.5 Å². The van der Waals surface area contributed by atoms with Crippen LogP contribution in [0.4, 0.5) is 0 Å². The Hall–Kier alpha value is -0.340. The Morgan fingerprint density at radius 2 is 2.00 bits per heavy atom. The van der Waals surface area contributed by atoms with Gasteiger partial charge in [0.15, 0.2) is 6.29 Å². The van der Waals surface area contributed by atoms with E-state index in [1.54, 1.807) is 0 Å². The van der Waals surface area contributed by atoms with Crippen molar-refractivity contribution in [2.45, 2.75) is 46.3 Å². The molecule has 0 aromatic carbocycles. The first-order valence-corrected chi connectivity index (χ1v) is 6.45. The standard InChI is InChI=1S/C14H24O2/c1-10(2)12-6-5-11(3)14(12,4)9-13-15-7-8-16-13/h10,12-13H,3,5-9H2,1-2,4H3/t12-,14+/m0/s1. The van der Waals surface area contributed by atoms with Gasteiger partial charge in [-0.25, -0.2) is 0 Å². The SMILES string of the molecule is C=C1CC[C@@H](C(C)C)[C@]1(C)CC1OCCO1. The molecule has 0 aromatic heterocycles. The smallest absolute Gasteiger partial charge is 0.158 e. The van der Waals surface area contributed by atoms with Crippen molar-refractivity contribution >= 4 is 0 Å². The summed E-state index contributed by atoms with van der Waals surface area (Å²) < 4.78 is 11.2. The average molecular weight is 224 g/mol. The molecule has 2 fully saturated rings. The summed E-state index contributed by atoms with van der Waals surface area (Å²) in [5.74, 6) is 1.44. The molecule has 0 unspecified atom stereocenters. The molecule has 2 nitrogen and oxygen atoms in total. The average Bonchev–Trinajstić information content (AvgIpc) is 2.77. The fourth-order valence-electron chi connectivity index (χ4n) is 3.43. The van der Waals surface area contributed by atoms with Gasteiger partial charge in [0.25, 0.3) is 0 Å². The maximum atomic E-state index is 5.59. The molecule has 1 aliphatic heterocycles. The molecule has 0 aromatic rings. The van der Waals surface area contributed by atoms with Crippen LogP contribution >= 0.6 is 0 Å². The number of rotatable bonds is 3. The number of hydrogen-bond donors (Lipinski definition) is 0. The molecule has 1 heterocycles. The zero-order valence-corrected chi connectivity index (χ0v) is 10.8. The molecule has 2 heteroatoms. The van der Waals surface area contributed by atoms with Crippen molar-refractivity contribution in [3.8, 4) is 0 Å². The molecule has 1 aliphatic carbocycles. The summed E-state index contributed by atoms with van der Waals surface area (Å²) in [7, 11) is 0. The molecule has 92 valence electrons. The van der Waals surface area contributed by atoms with Crippen molar-refractivity contribution in [2.75, 3.05) is 13.2 Å². The minimum atomic E-state index is 0.00102. The largest absolute Gasteiger partial charge is 0.350 e.